The molecule has 0 radical (unpaired) electrons. The molecule has 0 bridgehead atoms. The van der Waals surface area contributed by atoms with Gasteiger partial charge in [0.1, 0.15) is 5.56 Å². The molecule has 0 spiro atoms. The number of fused-ring (bicyclic) bond motifs is 1. The average Bonchev–Trinajstić information content (AvgIpc) is 2.61. The van der Waals surface area contributed by atoms with Crippen LogP contribution < -0.4 is 5.32 Å². The van der Waals surface area contributed by atoms with E-state index in [2.05, 4.69) is 29.4 Å². The van der Waals surface area contributed by atoms with Gasteiger partial charge in [0, 0.05) is 18.1 Å². The van der Waals surface area contributed by atoms with Crippen molar-refractivity contribution in [3.05, 3.63) is 70.9 Å². The van der Waals surface area contributed by atoms with Crippen LogP contribution in [0.25, 0.3) is 10.9 Å². The van der Waals surface area contributed by atoms with Crippen molar-refractivity contribution in [1.29, 1.82) is 0 Å². The minimum atomic E-state index is -0.356. The number of nitrogens with zero attached hydrogens (tertiary/aromatic N) is 1. The third-order valence-electron chi connectivity index (χ3n) is 4.31. The fourth-order valence-electron chi connectivity index (χ4n) is 2.92. The van der Waals surface area contributed by atoms with Crippen LogP contribution in [-0.2, 0) is 11.3 Å². The van der Waals surface area contributed by atoms with Crippen LogP contribution in [0.4, 0.5) is 5.69 Å². The number of para-hydroxylation sites is 1. The number of esters is 1. The van der Waals surface area contributed by atoms with Crippen molar-refractivity contribution in [1.82, 2.24) is 4.98 Å². The first kappa shape index (κ1) is 19.9. The van der Waals surface area contributed by atoms with Gasteiger partial charge in [-0.2, -0.15) is 0 Å². The van der Waals surface area contributed by atoms with Gasteiger partial charge in [0.05, 0.1) is 17.8 Å². The monoisotopic (exact) mass is 414 g/mol. The average molecular weight is 415 g/mol. The maximum absolute atomic E-state index is 12.4. The quantitative estimate of drug-likeness (QED) is 0.581. The highest BCUT2D eigenvalue weighted by Crippen LogP contribution is 2.29. The van der Waals surface area contributed by atoms with Gasteiger partial charge in [0.2, 0.25) is 0 Å². The van der Waals surface area contributed by atoms with Crippen LogP contribution in [0, 0.1) is 13.8 Å². The van der Waals surface area contributed by atoms with E-state index < -0.39 is 0 Å². The number of carbonyl (C=O) groups excluding carboxylic acids is 1. The molecule has 0 atom stereocenters. The van der Waals surface area contributed by atoms with Gasteiger partial charge in [-0.3, -0.25) is 4.98 Å². The Morgan fingerprint density at radius 2 is 1.81 bits per heavy atom. The number of aromatic nitrogens is 1. The number of halogens is 1. The molecule has 1 heterocycles. The summed E-state index contributed by atoms with van der Waals surface area (Å²) in [6.45, 7) is 6.87. The van der Waals surface area contributed by atoms with Crippen LogP contribution in [-0.4, -0.2) is 17.6 Å². The summed E-state index contributed by atoms with van der Waals surface area (Å²) in [5, 5.41) is 4.37. The van der Waals surface area contributed by atoms with Crippen LogP contribution in [0.1, 0.15) is 34.0 Å². The minimum absolute atomic E-state index is 0. The summed E-state index contributed by atoms with van der Waals surface area (Å²) < 4.78 is 5.20. The largest absolute Gasteiger partial charge is 0.462 e. The van der Waals surface area contributed by atoms with Crippen molar-refractivity contribution in [2.45, 2.75) is 27.3 Å². The third kappa shape index (κ3) is 4.05. The van der Waals surface area contributed by atoms with Crippen molar-refractivity contribution in [3.8, 4) is 0 Å². The lowest BCUT2D eigenvalue weighted by Crippen LogP contribution is -2.11. The molecule has 0 saturated heterocycles. The maximum atomic E-state index is 12.4. The molecule has 0 saturated carbocycles. The number of aryl methyl sites for hydroxylation is 2. The molecule has 4 nitrogen and oxygen atoms in total. The van der Waals surface area contributed by atoms with Crippen molar-refractivity contribution < 1.29 is 9.53 Å². The molecular weight excluding hydrogens is 392 g/mol. The molecule has 1 N–H and O–H groups in total. The highest BCUT2D eigenvalue weighted by Gasteiger charge is 2.17. The highest BCUT2D eigenvalue weighted by molar-refractivity contribution is 8.93. The summed E-state index contributed by atoms with van der Waals surface area (Å²) in [6.07, 6.45) is 1.60. The number of benzene rings is 2. The standard InChI is InChI=1S/C21H22N2O2.BrH/c1-4-25-21(24)18-13-23-19-15(3)9-7-11-17(19)20(18)22-12-16-10-6-5-8-14(16)2;/h5-11,13H,4,12H2,1-3H3,(H,22,23);1H. The molecule has 0 fully saturated rings. The van der Waals surface area contributed by atoms with Crippen LogP contribution in [0.2, 0.25) is 0 Å². The first-order valence-electron chi connectivity index (χ1n) is 8.45. The van der Waals surface area contributed by atoms with E-state index in [1.165, 1.54) is 11.1 Å². The molecule has 0 aliphatic rings. The summed E-state index contributed by atoms with van der Waals surface area (Å²) in [7, 11) is 0. The maximum Gasteiger partial charge on any atom is 0.341 e. The lowest BCUT2D eigenvalue weighted by Gasteiger charge is -2.15. The van der Waals surface area contributed by atoms with Gasteiger partial charge in [-0.05, 0) is 37.5 Å². The molecule has 3 aromatic rings. The molecule has 0 amide bonds. The number of nitrogens with one attached hydrogen (secondary N) is 1. The Morgan fingerprint density at radius 3 is 2.54 bits per heavy atom. The Morgan fingerprint density at radius 1 is 1.08 bits per heavy atom. The first-order valence-corrected chi connectivity index (χ1v) is 8.45. The topological polar surface area (TPSA) is 51.2 Å². The summed E-state index contributed by atoms with van der Waals surface area (Å²) in [4.78, 5) is 16.8. The number of anilines is 1. The van der Waals surface area contributed by atoms with Gasteiger partial charge >= 0.3 is 5.97 Å². The Labute approximate surface area is 164 Å². The third-order valence-corrected chi connectivity index (χ3v) is 4.31. The lowest BCUT2D eigenvalue weighted by atomic mass is 10.0. The number of ether oxygens (including phenoxy) is 1. The van der Waals surface area contributed by atoms with E-state index in [1.54, 1.807) is 13.1 Å². The number of hydrogen-bond donors (Lipinski definition) is 1. The summed E-state index contributed by atoms with van der Waals surface area (Å²) >= 11 is 0. The fraction of sp³-hybridized carbons (Fsp3) is 0.238. The molecule has 0 aliphatic carbocycles. The Hall–Kier alpha value is -2.40. The van der Waals surface area contributed by atoms with Gasteiger partial charge in [0.15, 0.2) is 0 Å². The predicted molar refractivity (Wildman–Crippen MR) is 111 cm³/mol. The van der Waals surface area contributed by atoms with Gasteiger partial charge in [-0.25, -0.2) is 4.79 Å². The fourth-order valence-corrected chi connectivity index (χ4v) is 2.92. The molecule has 3 rings (SSSR count). The van der Waals surface area contributed by atoms with Crippen LogP contribution in [0.15, 0.2) is 48.7 Å². The number of pyridine rings is 1. The molecule has 2 aromatic carbocycles. The predicted octanol–water partition coefficient (Wildman–Crippen LogP) is 5.22. The van der Waals surface area contributed by atoms with E-state index in [0.29, 0.717) is 18.7 Å². The van der Waals surface area contributed by atoms with E-state index in [0.717, 1.165) is 22.2 Å². The van der Waals surface area contributed by atoms with Crippen molar-refractivity contribution in [2.75, 3.05) is 11.9 Å². The van der Waals surface area contributed by atoms with E-state index in [9.17, 15) is 4.79 Å². The summed E-state index contributed by atoms with van der Waals surface area (Å²) in [5.41, 5.74) is 5.61. The zero-order valence-corrected chi connectivity index (χ0v) is 16.9. The molecule has 26 heavy (non-hydrogen) atoms. The van der Waals surface area contributed by atoms with Crippen LogP contribution >= 0.6 is 17.0 Å². The van der Waals surface area contributed by atoms with Gasteiger partial charge < -0.3 is 10.1 Å². The van der Waals surface area contributed by atoms with Crippen LogP contribution in [0.3, 0.4) is 0 Å². The van der Waals surface area contributed by atoms with Gasteiger partial charge in [0.25, 0.3) is 0 Å². The highest BCUT2D eigenvalue weighted by atomic mass is 79.9. The molecule has 5 heteroatoms. The van der Waals surface area contributed by atoms with Gasteiger partial charge in [-0.15, -0.1) is 17.0 Å². The van der Waals surface area contributed by atoms with Crippen molar-refractivity contribution >= 4 is 39.5 Å². The normalized spacial score (nSPS) is 10.3. The second-order valence-electron chi connectivity index (χ2n) is 6.02. The van der Waals surface area contributed by atoms with Crippen molar-refractivity contribution in [3.63, 3.8) is 0 Å². The zero-order valence-electron chi connectivity index (χ0n) is 15.2. The Kier molecular flexibility index (Phi) is 6.75. The second kappa shape index (κ2) is 8.81. The smallest absolute Gasteiger partial charge is 0.341 e. The lowest BCUT2D eigenvalue weighted by molar-refractivity contribution is 0.0527. The molecule has 1 aromatic heterocycles. The Bertz CT molecular complexity index is 925. The van der Waals surface area contributed by atoms with E-state index in [-0.39, 0.29) is 23.0 Å². The Balaban J connectivity index is 0.00000243. The number of carbonyl (C=O) groups is 1. The molecule has 136 valence electrons. The first-order chi connectivity index (χ1) is 12.1. The zero-order chi connectivity index (χ0) is 17.8. The van der Waals surface area contributed by atoms with E-state index >= 15 is 0 Å². The summed E-state index contributed by atoms with van der Waals surface area (Å²) in [5.74, 6) is -0.356. The van der Waals surface area contributed by atoms with E-state index in [4.69, 9.17) is 4.74 Å². The van der Waals surface area contributed by atoms with Crippen molar-refractivity contribution in [2.24, 2.45) is 0 Å². The molecular formula is C21H23BrN2O2. The van der Waals surface area contributed by atoms with E-state index in [1.807, 2.05) is 37.3 Å². The minimum Gasteiger partial charge on any atom is -0.462 e. The van der Waals surface area contributed by atoms with Gasteiger partial charge in [-0.1, -0.05) is 42.5 Å². The summed E-state index contributed by atoms with van der Waals surface area (Å²) in [6, 6.07) is 14.2. The SMILES string of the molecule is Br.CCOC(=O)c1cnc2c(C)cccc2c1NCc1ccccc1C. The molecule has 0 unspecified atom stereocenters. The number of rotatable bonds is 5. The molecule has 0 aliphatic heterocycles. The second-order valence-corrected chi connectivity index (χ2v) is 6.02. The van der Waals surface area contributed by atoms with Crippen LogP contribution in [0.5, 0.6) is 0 Å². The number of hydrogen-bond acceptors (Lipinski definition) is 4.